The average molecular weight is 508 g/mol. The Kier molecular flexibility index (Phi) is 10.6. The molecule has 0 radical (unpaired) electrons. The van der Waals surface area contributed by atoms with Crippen LogP contribution in [0.3, 0.4) is 0 Å². The average Bonchev–Trinajstić information content (AvgIpc) is 2.64. The van der Waals surface area contributed by atoms with Crippen molar-refractivity contribution in [3.05, 3.63) is 35.9 Å². The molecule has 1 fully saturated rings. The Labute approximate surface area is 181 Å². The number of aryl methyl sites for hydroxylation is 1. The third-order valence-electron chi connectivity index (χ3n) is 4.92. The molecule has 2 N–H and O–H groups in total. The predicted molar refractivity (Wildman–Crippen MR) is 123 cm³/mol. The van der Waals surface area contributed by atoms with Crippen molar-refractivity contribution < 1.29 is 8.42 Å². The van der Waals surface area contributed by atoms with Crippen LogP contribution in [0.25, 0.3) is 0 Å². The Morgan fingerprint density at radius 3 is 2.44 bits per heavy atom. The Bertz CT molecular complexity index is 674. The van der Waals surface area contributed by atoms with E-state index in [0.29, 0.717) is 25.0 Å². The summed E-state index contributed by atoms with van der Waals surface area (Å²) in [6, 6.07) is 10.8. The van der Waals surface area contributed by atoms with Crippen LogP contribution >= 0.6 is 24.0 Å². The molecule has 1 unspecified atom stereocenters. The number of nitrogens with one attached hydrogen (secondary N) is 2. The zero-order chi connectivity index (χ0) is 19.0. The van der Waals surface area contributed by atoms with Gasteiger partial charge in [0.25, 0.3) is 0 Å². The Morgan fingerprint density at radius 1 is 1.26 bits per heavy atom. The molecule has 0 saturated carbocycles. The van der Waals surface area contributed by atoms with E-state index < -0.39 is 10.0 Å². The van der Waals surface area contributed by atoms with Crippen molar-refractivity contribution in [2.75, 3.05) is 32.9 Å². The molecule has 0 aliphatic carbocycles. The van der Waals surface area contributed by atoms with Gasteiger partial charge in [-0.1, -0.05) is 30.3 Å². The van der Waals surface area contributed by atoms with Gasteiger partial charge in [0.2, 0.25) is 10.0 Å². The van der Waals surface area contributed by atoms with Gasteiger partial charge in [-0.3, -0.25) is 4.99 Å². The summed E-state index contributed by atoms with van der Waals surface area (Å²) in [6.07, 6.45) is 5.14. The fourth-order valence-electron chi connectivity index (χ4n) is 3.21. The summed E-state index contributed by atoms with van der Waals surface area (Å²) in [7, 11) is -1.27. The first kappa shape index (κ1) is 24.2. The van der Waals surface area contributed by atoms with Gasteiger partial charge in [0.15, 0.2) is 5.96 Å². The first-order valence-electron chi connectivity index (χ1n) is 9.34. The molecule has 0 amide bonds. The van der Waals surface area contributed by atoms with Gasteiger partial charge in [-0.2, -0.15) is 0 Å². The van der Waals surface area contributed by atoms with Crippen molar-refractivity contribution in [2.24, 2.45) is 10.9 Å². The number of hydrogen-bond acceptors (Lipinski definition) is 3. The fourth-order valence-corrected chi connectivity index (χ4v) is 4.09. The highest BCUT2D eigenvalue weighted by Crippen LogP contribution is 2.18. The normalized spacial score (nSPS) is 17.8. The third kappa shape index (κ3) is 8.78. The summed E-state index contributed by atoms with van der Waals surface area (Å²) >= 11 is 0. The lowest BCUT2D eigenvalue weighted by Crippen LogP contribution is -2.46. The number of halogens is 1. The van der Waals surface area contributed by atoms with Crippen LogP contribution in [-0.4, -0.2) is 57.7 Å². The highest BCUT2D eigenvalue weighted by molar-refractivity contribution is 14.0. The molecule has 154 valence electrons. The molecule has 8 heteroatoms. The number of nitrogens with zero attached hydrogens (tertiary/aromatic N) is 2. The minimum Gasteiger partial charge on any atom is -0.356 e. The molecule has 1 saturated heterocycles. The first-order valence-corrected chi connectivity index (χ1v) is 11.2. The van der Waals surface area contributed by atoms with Crippen LogP contribution in [0.1, 0.15) is 31.7 Å². The van der Waals surface area contributed by atoms with Crippen molar-refractivity contribution in [1.29, 1.82) is 0 Å². The van der Waals surface area contributed by atoms with Crippen LogP contribution < -0.4 is 10.6 Å². The second-order valence-corrected chi connectivity index (χ2v) is 9.11. The molecule has 1 aromatic rings. The quantitative estimate of drug-likeness (QED) is 0.337. The summed E-state index contributed by atoms with van der Waals surface area (Å²) in [4.78, 5) is 4.31. The maximum absolute atomic E-state index is 11.6. The van der Waals surface area contributed by atoms with Crippen LogP contribution in [0.15, 0.2) is 35.3 Å². The van der Waals surface area contributed by atoms with Crippen molar-refractivity contribution in [3.8, 4) is 0 Å². The summed E-state index contributed by atoms with van der Waals surface area (Å²) < 4.78 is 24.7. The predicted octanol–water partition coefficient (Wildman–Crippen LogP) is 2.46. The van der Waals surface area contributed by atoms with Crippen LogP contribution in [-0.2, 0) is 16.4 Å². The van der Waals surface area contributed by atoms with Gasteiger partial charge < -0.3 is 10.6 Å². The molecule has 0 aromatic heterocycles. The van der Waals surface area contributed by atoms with E-state index in [2.05, 4.69) is 46.8 Å². The van der Waals surface area contributed by atoms with Crippen molar-refractivity contribution in [2.45, 2.75) is 38.6 Å². The number of benzene rings is 1. The second-order valence-electron chi connectivity index (χ2n) is 7.13. The molecule has 1 aliphatic rings. The van der Waals surface area contributed by atoms with E-state index in [1.807, 2.05) is 6.07 Å². The van der Waals surface area contributed by atoms with Crippen LogP contribution in [0.4, 0.5) is 0 Å². The number of piperidine rings is 1. The minimum atomic E-state index is -3.05. The topological polar surface area (TPSA) is 73.8 Å². The van der Waals surface area contributed by atoms with Gasteiger partial charge in [-0.05, 0) is 44.1 Å². The SMILES string of the molecule is CN=C(NCC1CCN(S(C)(=O)=O)CC1)NC(C)CCc1ccccc1.I. The molecule has 27 heavy (non-hydrogen) atoms. The minimum absolute atomic E-state index is 0. The van der Waals surface area contributed by atoms with Crippen molar-refractivity contribution in [3.63, 3.8) is 0 Å². The first-order chi connectivity index (χ1) is 12.4. The largest absolute Gasteiger partial charge is 0.356 e. The van der Waals surface area contributed by atoms with E-state index in [-0.39, 0.29) is 24.0 Å². The van der Waals surface area contributed by atoms with Gasteiger partial charge in [-0.25, -0.2) is 12.7 Å². The molecule has 1 aromatic carbocycles. The van der Waals surface area contributed by atoms with Crippen LogP contribution in [0.2, 0.25) is 0 Å². The standard InChI is InChI=1S/C19H32N4O2S.HI/c1-16(9-10-17-7-5-4-6-8-17)22-19(20-2)21-15-18-11-13-23(14-12-18)26(3,24)25;/h4-8,16,18H,9-15H2,1-3H3,(H2,20,21,22);1H. The van der Waals surface area contributed by atoms with E-state index >= 15 is 0 Å². The monoisotopic (exact) mass is 508 g/mol. The Morgan fingerprint density at radius 2 is 1.89 bits per heavy atom. The van der Waals surface area contributed by atoms with E-state index in [9.17, 15) is 8.42 Å². The lowest BCUT2D eigenvalue weighted by atomic mass is 9.98. The van der Waals surface area contributed by atoms with E-state index in [4.69, 9.17) is 0 Å². The zero-order valence-electron chi connectivity index (χ0n) is 16.5. The number of rotatable bonds is 7. The fraction of sp³-hybridized carbons (Fsp3) is 0.632. The van der Waals surface area contributed by atoms with Crippen molar-refractivity contribution in [1.82, 2.24) is 14.9 Å². The smallest absolute Gasteiger partial charge is 0.211 e. The zero-order valence-corrected chi connectivity index (χ0v) is 19.7. The molecule has 0 spiro atoms. The second kappa shape index (κ2) is 11.9. The maximum atomic E-state index is 11.6. The number of sulfonamides is 1. The Hall–Kier alpha value is -0.870. The third-order valence-corrected chi connectivity index (χ3v) is 6.22. The van der Waals surface area contributed by atoms with Gasteiger partial charge in [0.1, 0.15) is 0 Å². The number of guanidine groups is 1. The van der Waals surface area contributed by atoms with Crippen molar-refractivity contribution >= 4 is 40.0 Å². The van der Waals surface area contributed by atoms with Gasteiger partial charge in [0.05, 0.1) is 6.26 Å². The Balaban J connectivity index is 0.00000364. The number of aliphatic imine (C=N–C) groups is 1. The molecule has 2 rings (SSSR count). The highest BCUT2D eigenvalue weighted by atomic mass is 127. The van der Waals surface area contributed by atoms with Gasteiger partial charge in [0, 0.05) is 32.7 Å². The molecule has 1 aliphatic heterocycles. The highest BCUT2D eigenvalue weighted by Gasteiger charge is 2.24. The summed E-state index contributed by atoms with van der Waals surface area (Å²) in [6.45, 7) is 4.22. The molecular weight excluding hydrogens is 475 g/mol. The summed E-state index contributed by atoms with van der Waals surface area (Å²) in [5, 5.41) is 6.83. The lowest BCUT2D eigenvalue weighted by molar-refractivity contribution is 0.274. The van der Waals surface area contributed by atoms with E-state index in [0.717, 1.165) is 38.2 Å². The summed E-state index contributed by atoms with van der Waals surface area (Å²) in [5.74, 6) is 1.29. The maximum Gasteiger partial charge on any atom is 0.211 e. The molecule has 1 atom stereocenters. The molecule has 6 nitrogen and oxygen atoms in total. The van der Waals surface area contributed by atoms with Crippen LogP contribution in [0, 0.1) is 5.92 Å². The van der Waals surface area contributed by atoms with Gasteiger partial charge in [-0.15, -0.1) is 24.0 Å². The van der Waals surface area contributed by atoms with Gasteiger partial charge >= 0.3 is 0 Å². The summed E-state index contributed by atoms with van der Waals surface area (Å²) in [5.41, 5.74) is 1.35. The number of hydrogen-bond donors (Lipinski definition) is 2. The van der Waals surface area contributed by atoms with E-state index in [1.165, 1.54) is 11.8 Å². The molecular formula is C19H33IN4O2S. The molecule has 0 bridgehead atoms. The molecule has 1 heterocycles. The lowest BCUT2D eigenvalue weighted by Gasteiger charge is -2.30. The van der Waals surface area contributed by atoms with E-state index in [1.54, 1.807) is 11.4 Å². The van der Waals surface area contributed by atoms with Crippen LogP contribution in [0.5, 0.6) is 0 Å².